The molecule has 3 N–H and O–H groups in total. The molecule has 0 fully saturated rings. The van der Waals surface area contributed by atoms with Crippen LogP contribution in [0.25, 0.3) is 0 Å². The number of carbonyl (C=O) groups is 1. The van der Waals surface area contributed by atoms with Gasteiger partial charge in [0.25, 0.3) is 5.91 Å². The number of benzene rings is 1. The third kappa shape index (κ3) is 3.40. The van der Waals surface area contributed by atoms with Gasteiger partial charge in [-0.1, -0.05) is 47.7 Å². The number of nitrogens with two attached hydrogens (primary N) is 1. The number of hydrogen-bond acceptors (Lipinski definition) is 4. The van der Waals surface area contributed by atoms with Crippen molar-refractivity contribution >= 4 is 35.3 Å². The fourth-order valence-electron chi connectivity index (χ4n) is 1.97. The number of aromatic nitrogens is 1. The lowest BCUT2D eigenvalue weighted by Gasteiger charge is -2.13. The van der Waals surface area contributed by atoms with Crippen LogP contribution in [-0.2, 0) is 6.54 Å². The molecule has 0 radical (unpaired) electrons. The van der Waals surface area contributed by atoms with Gasteiger partial charge in [-0.3, -0.25) is 4.79 Å². The SMILES string of the molecule is C=CCn1c(N)c(C(=O)N[C@H](C)c2ccccc2)sc1=S. The minimum absolute atomic E-state index is 0.0957. The van der Waals surface area contributed by atoms with E-state index in [9.17, 15) is 4.79 Å². The largest absolute Gasteiger partial charge is 0.384 e. The van der Waals surface area contributed by atoms with Crippen LogP contribution in [0, 0.1) is 3.95 Å². The summed E-state index contributed by atoms with van der Waals surface area (Å²) >= 11 is 6.44. The zero-order chi connectivity index (χ0) is 15.4. The quantitative estimate of drug-likeness (QED) is 0.654. The fourth-order valence-corrected chi connectivity index (χ4v) is 3.21. The monoisotopic (exact) mass is 319 g/mol. The molecule has 4 nitrogen and oxygen atoms in total. The van der Waals surface area contributed by atoms with Gasteiger partial charge in [-0.15, -0.1) is 6.58 Å². The van der Waals surface area contributed by atoms with Crippen molar-refractivity contribution in [2.24, 2.45) is 0 Å². The highest BCUT2D eigenvalue weighted by molar-refractivity contribution is 7.73. The molecule has 0 unspecified atom stereocenters. The Morgan fingerprint density at radius 2 is 2.19 bits per heavy atom. The Morgan fingerprint density at radius 3 is 2.81 bits per heavy atom. The Labute approximate surface area is 132 Å². The second kappa shape index (κ2) is 6.69. The minimum Gasteiger partial charge on any atom is -0.384 e. The summed E-state index contributed by atoms with van der Waals surface area (Å²) in [7, 11) is 0. The van der Waals surface area contributed by atoms with E-state index in [0.717, 1.165) is 5.56 Å². The molecule has 0 aliphatic carbocycles. The van der Waals surface area contributed by atoms with Crippen molar-refractivity contribution in [2.75, 3.05) is 5.73 Å². The molecule has 2 rings (SSSR count). The highest BCUT2D eigenvalue weighted by Gasteiger charge is 2.18. The summed E-state index contributed by atoms with van der Waals surface area (Å²) in [5.41, 5.74) is 7.04. The number of amides is 1. The smallest absolute Gasteiger partial charge is 0.265 e. The maximum Gasteiger partial charge on any atom is 0.265 e. The number of hydrogen-bond donors (Lipinski definition) is 2. The average molecular weight is 319 g/mol. The van der Waals surface area contributed by atoms with Crippen molar-refractivity contribution in [2.45, 2.75) is 19.5 Å². The van der Waals surface area contributed by atoms with E-state index in [0.29, 0.717) is 21.2 Å². The molecule has 0 saturated carbocycles. The normalized spacial score (nSPS) is 11.9. The van der Waals surface area contributed by atoms with E-state index < -0.39 is 0 Å². The maximum atomic E-state index is 12.4. The molecule has 1 aromatic heterocycles. The first kappa shape index (κ1) is 15.5. The molecule has 0 saturated heterocycles. The predicted molar refractivity (Wildman–Crippen MR) is 90.1 cm³/mol. The molecule has 6 heteroatoms. The zero-order valence-electron chi connectivity index (χ0n) is 11.7. The van der Waals surface area contributed by atoms with Crippen molar-refractivity contribution in [1.82, 2.24) is 9.88 Å². The van der Waals surface area contributed by atoms with Crippen LogP contribution >= 0.6 is 23.6 Å². The van der Waals surface area contributed by atoms with E-state index >= 15 is 0 Å². The van der Waals surface area contributed by atoms with Crippen molar-refractivity contribution in [1.29, 1.82) is 0 Å². The molecule has 110 valence electrons. The third-order valence-electron chi connectivity index (χ3n) is 3.10. The van der Waals surface area contributed by atoms with Crippen LogP contribution in [0.2, 0.25) is 0 Å². The predicted octanol–water partition coefficient (Wildman–Crippen LogP) is 3.54. The van der Waals surface area contributed by atoms with Gasteiger partial charge in [-0.25, -0.2) is 0 Å². The van der Waals surface area contributed by atoms with Crippen molar-refractivity contribution < 1.29 is 4.79 Å². The number of carbonyl (C=O) groups excluding carboxylic acids is 1. The number of rotatable bonds is 5. The summed E-state index contributed by atoms with van der Waals surface area (Å²) in [6, 6.07) is 9.67. The van der Waals surface area contributed by atoms with Gasteiger partial charge in [0.1, 0.15) is 10.7 Å². The highest BCUT2D eigenvalue weighted by Crippen LogP contribution is 2.23. The Morgan fingerprint density at radius 1 is 1.52 bits per heavy atom. The topological polar surface area (TPSA) is 60.0 Å². The number of allylic oxidation sites excluding steroid dienone is 1. The number of thiazole rings is 1. The Kier molecular flexibility index (Phi) is 4.93. The van der Waals surface area contributed by atoms with E-state index in [1.807, 2.05) is 37.3 Å². The lowest BCUT2D eigenvalue weighted by molar-refractivity contribution is 0.0944. The van der Waals surface area contributed by atoms with Gasteiger partial charge >= 0.3 is 0 Å². The van der Waals surface area contributed by atoms with Gasteiger partial charge < -0.3 is 15.6 Å². The Hall–Kier alpha value is -1.92. The van der Waals surface area contributed by atoms with Gasteiger partial charge in [0.15, 0.2) is 3.95 Å². The number of anilines is 1. The summed E-state index contributed by atoms with van der Waals surface area (Å²) < 4.78 is 2.28. The standard InChI is InChI=1S/C15H17N3OS2/c1-3-9-18-13(16)12(21-15(18)20)14(19)17-10(2)11-7-5-4-6-8-11/h3-8,10H,1,9,16H2,2H3,(H,17,19)/t10-/m1/s1. The van der Waals surface area contributed by atoms with E-state index in [4.69, 9.17) is 18.0 Å². The summed E-state index contributed by atoms with van der Waals surface area (Å²) in [6.07, 6.45) is 1.70. The van der Waals surface area contributed by atoms with Gasteiger partial charge in [0.2, 0.25) is 0 Å². The molecule has 0 bridgehead atoms. The average Bonchev–Trinajstić information content (AvgIpc) is 2.76. The van der Waals surface area contributed by atoms with E-state index in [1.54, 1.807) is 10.6 Å². The summed E-state index contributed by atoms with van der Waals surface area (Å²) in [6.45, 7) is 6.10. The number of nitrogen functional groups attached to an aromatic ring is 1. The van der Waals surface area contributed by atoms with Gasteiger partial charge in [0.05, 0.1) is 6.04 Å². The van der Waals surface area contributed by atoms with Crippen LogP contribution in [0.15, 0.2) is 43.0 Å². The first-order valence-corrected chi connectivity index (χ1v) is 7.73. The second-order valence-electron chi connectivity index (χ2n) is 4.59. The molecule has 0 aliphatic rings. The zero-order valence-corrected chi connectivity index (χ0v) is 13.3. The van der Waals surface area contributed by atoms with Crippen molar-refractivity contribution in [3.63, 3.8) is 0 Å². The maximum absolute atomic E-state index is 12.4. The second-order valence-corrected chi connectivity index (χ2v) is 6.23. The van der Waals surface area contributed by atoms with Gasteiger partial charge in [-0.05, 0) is 24.7 Å². The molecular formula is C15H17N3OS2. The third-order valence-corrected chi connectivity index (χ3v) is 4.56. The molecule has 1 aromatic carbocycles. The van der Waals surface area contributed by atoms with Crippen molar-refractivity contribution in [3.8, 4) is 0 Å². The molecular weight excluding hydrogens is 302 g/mol. The molecule has 1 amide bonds. The summed E-state index contributed by atoms with van der Waals surface area (Å²) in [4.78, 5) is 12.8. The fraction of sp³-hybridized carbons (Fsp3) is 0.200. The first-order chi connectivity index (χ1) is 10.0. The van der Waals surface area contributed by atoms with Crippen LogP contribution in [0.4, 0.5) is 5.82 Å². The molecule has 21 heavy (non-hydrogen) atoms. The van der Waals surface area contributed by atoms with Crippen LogP contribution in [0.1, 0.15) is 28.2 Å². The lowest BCUT2D eigenvalue weighted by atomic mass is 10.1. The molecule has 2 aromatic rings. The molecule has 1 atom stereocenters. The minimum atomic E-state index is -0.206. The highest BCUT2D eigenvalue weighted by atomic mass is 32.1. The van der Waals surface area contributed by atoms with Crippen molar-refractivity contribution in [3.05, 3.63) is 57.4 Å². The Balaban J connectivity index is 2.20. The van der Waals surface area contributed by atoms with Crippen LogP contribution in [0.5, 0.6) is 0 Å². The van der Waals surface area contributed by atoms with E-state index in [-0.39, 0.29) is 11.9 Å². The van der Waals surface area contributed by atoms with Gasteiger partial charge in [-0.2, -0.15) is 0 Å². The summed E-state index contributed by atoms with van der Waals surface area (Å²) in [5.74, 6) is 0.186. The van der Waals surface area contributed by atoms with E-state index in [1.165, 1.54) is 11.3 Å². The number of nitrogens with zero attached hydrogens (tertiary/aromatic N) is 1. The first-order valence-electron chi connectivity index (χ1n) is 6.50. The Bertz CT molecular complexity index is 703. The lowest BCUT2D eigenvalue weighted by Crippen LogP contribution is -2.26. The van der Waals surface area contributed by atoms with Gasteiger partial charge in [0, 0.05) is 6.54 Å². The summed E-state index contributed by atoms with van der Waals surface area (Å²) in [5, 5.41) is 2.94. The molecule has 0 aliphatic heterocycles. The van der Waals surface area contributed by atoms with Crippen LogP contribution < -0.4 is 11.1 Å². The van der Waals surface area contributed by atoms with E-state index in [2.05, 4.69) is 11.9 Å². The molecule has 1 heterocycles. The van der Waals surface area contributed by atoms with Crippen LogP contribution in [0.3, 0.4) is 0 Å². The number of nitrogens with one attached hydrogen (secondary N) is 1. The molecule has 0 spiro atoms. The van der Waals surface area contributed by atoms with Crippen LogP contribution in [-0.4, -0.2) is 10.5 Å².